The summed E-state index contributed by atoms with van der Waals surface area (Å²) in [7, 11) is 1.51. The molecule has 0 aliphatic carbocycles. The molecule has 0 fully saturated rings. The Balaban J connectivity index is 1.47. The van der Waals surface area contributed by atoms with Crippen molar-refractivity contribution in [3.05, 3.63) is 59.9 Å². The molecule has 0 aliphatic rings. The van der Waals surface area contributed by atoms with E-state index < -0.39 is 11.8 Å². The number of anilines is 1. The summed E-state index contributed by atoms with van der Waals surface area (Å²) in [5, 5.41) is 6.27. The predicted molar refractivity (Wildman–Crippen MR) is 104 cm³/mol. The van der Waals surface area contributed by atoms with Crippen LogP contribution in [0, 0.1) is 6.92 Å². The normalized spacial score (nSPS) is 10.6. The van der Waals surface area contributed by atoms with E-state index in [9.17, 15) is 9.59 Å². The molecule has 2 amide bonds. The molecule has 2 aromatic carbocycles. The number of nitrogens with one attached hydrogen (secondary N) is 2. The molecule has 1 aromatic heterocycles. The zero-order valence-corrected chi connectivity index (χ0v) is 15.4. The van der Waals surface area contributed by atoms with Crippen LogP contribution < -0.4 is 15.4 Å². The minimum Gasteiger partial charge on any atom is -0.495 e. The van der Waals surface area contributed by atoms with Gasteiger partial charge in [-0.3, -0.25) is 9.59 Å². The fourth-order valence-electron chi connectivity index (χ4n) is 2.80. The number of hydrogen-bond donors (Lipinski definition) is 2. The Labute approximate surface area is 157 Å². The summed E-state index contributed by atoms with van der Waals surface area (Å²) in [5.74, 6) is -0.0307. The van der Waals surface area contributed by atoms with E-state index in [-0.39, 0.29) is 0 Å². The molecule has 0 radical (unpaired) electrons. The van der Waals surface area contributed by atoms with Crippen molar-refractivity contribution in [2.24, 2.45) is 0 Å². The number of carbonyl (C=O) groups excluding carboxylic acids is 2. The maximum atomic E-state index is 12.1. The lowest BCUT2D eigenvalue weighted by Gasteiger charge is -2.11. The molecule has 1 heterocycles. The van der Waals surface area contributed by atoms with Crippen molar-refractivity contribution >= 4 is 28.5 Å². The highest BCUT2D eigenvalue weighted by Crippen LogP contribution is 2.25. The second kappa shape index (κ2) is 8.40. The van der Waals surface area contributed by atoms with Gasteiger partial charge in [0, 0.05) is 18.4 Å². The van der Waals surface area contributed by atoms with Crippen molar-refractivity contribution in [3.63, 3.8) is 0 Å². The van der Waals surface area contributed by atoms with E-state index in [0.29, 0.717) is 30.8 Å². The zero-order valence-electron chi connectivity index (χ0n) is 15.4. The minimum absolute atomic E-state index is 0.383. The van der Waals surface area contributed by atoms with Crippen molar-refractivity contribution < 1.29 is 18.7 Å². The number of amides is 2. The van der Waals surface area contributed by atoms with Gasteiger partial charge in [0.1, 0.15) is 17.1 Å². The zero-order chi connectivity index (χ0) is 19.2. The molecule has 0 saturated carbocycles. The molecule has 0 saturated heterocycles. The number of para-hydroxylation sites is 1. The van der Waals surface area contributed by atoms with E-state index in [1.807, 2.05) is 43.3 Å². The molecule has 0 atom stereocenters. The monoisotopic (exact) mass is 366 g/mol. The largest absolute Gasteiger partial charge is 0.495 e. The highest BCUT2D eigenvalue weighted by molar-refractivity contribution is 6.39. The summed E-state index contributed by atoms with van der Waals surface area (Å²) in [6, 6.07) is 15.2. The number of fused-ring (bicyclic) bond motifs is 1. The third-order valence-electron chi connectivity index (χ3n) is 4.17. The van der Waals surface area contributed by atoms with Gasteiger partial charge in [-0.15, -0.1) is 0 Å². The van der Waals surface area contributed by atoms with E-state index >= 15 is 0 Å². The van der Waals surface area contributed by atoms with Crippen LogP contribution in [-0.2, 0) is 16.0 Å². The SMILES string of the molecule is COc1ccc(C)cc1NC(=O)C(=O)NCCCc1cc2ccccc2o1. The first-order chi connectivity index (χ1) is 13.1. The van der Waals surface area contributed by atoms with Crippen LogP contribution in [0.15, 0.2) is 52.9 Å². The van der Waals surface area contributed by atoms with Crippen LogP contribution in [0.1, 0.15) is 17.7 Å². The lowest BCUT2D eigenvalue weighted by molar-refractivity contribution is -0.136. The number of ether oxygens (including phenoxy) is 1. The molecule has 27 heavy (non-hydrogen) atoms. The fourth-order valence-corrected chi connectivity index (χ4v) is 2.80. The molecule has 0 aliphatic heterocycles. The first kappa shape index (κ1) is 18.5. The number of carbonyl (C=O) groups is 2. The topological polar surface area (TPSA) is 80.6 Å². The Kier molecular flexibility index (Phi) is 5.76. The van der Waals surface area contributed by atoms with Gasteiger partial charge in [0.2, 0.25) is 0 Å². The Hall–Kier alpha value is -3.28. The smallest absolute Gasteiger partial charge is 0.313 e. The van der Waals surface area contributed by atoms with Crippen LogP contribution in [0.25, 0.3) is 11.0 Å². The van der Waals surface area contributed by atoms with Crippen LogP contribution in [0.3, 0.4) is 0 Å². The molecule has 6 nitrogen and oxygen atoms in total. The first-order valence-corrected chi connectivity index (χ1v) is 8.78. The average Bonchev–Trinajstić information content (AvgIpc) is 3.08. The molecule has 3 aromatic rings. The standard InChI is InChI=1S/C21H22N2O4/c1-14-9-10-19(26-2)17(12-14)23-21(25)20(24)22-11-5-7-16-13-15-6-3-4-8-18(15)27-16/h3-4,6,8-10,12-13H,5,7,11H2,1-2H3,(H,22,24)(H,23,25). The second-order valence-electron chi connectivity index (χ2n) is 6.27. The molecule has 0 unspecified atom stereocenters. The lowest BCUT2D eigenvalue weighted by Crippen LogP contribution is -2.36. The Morgan fingerprint density at radius 1 is 1.07 bits per heavy atom. The van der Waals surface area contributed by atoms with Crippen LogP contribution >= 0.6 is 0 Å². The number of rotatable bonds is 6. The second-order valence-corrected chi connectivity index (χ2v) is 6.27. The van der Waals surface area contributed by atoms with Gasteiger partial charge in [-0.05, 0) is 43.2 Å². The molecule has 140 valence electrons. The minimum atomic E-state index is -0.720. The van der Waals surface area contributed by atoms with Gasteiger partial charge in [0.05, 0.1) is 12.8 Å². The van der Waals surface area contributed by atoms with Crippen molar-refractivity contribution in [2.45, 2.75) is 19.8 Å². The molecule has 0 spiro atoms. The quantitative estimate of drug-likeness (QED) is 0.517. The average molecular weight is 366 g/mol. The third kappa shape index (κ3) is 4.67. The number of hydrogen-bond acceptors (Lipinski definition) is 4. The number of aryl methyl sites for hydroxylation is 2. The van der Waals surface area contributed by atoms with Crippen molar-refractivity contribution in [3.8, 4) is 5.75 Å². The van der Waals surface area contributed by atoms with Crippen LogP contribution in [-0.4, -0.2) is 25.5 Å². The van der Waals surface area contributed by atoms with Crippen molar-refractivity contribution in [1.82, 2.24) is 5.32 Å². The molecule has 2 N–H and O–H groups in total. The summed E-state index contributed by atoms with van der Waals surface area (Å²) in [5.41, 5.74) is 2.28. The fraction of sp³-hybridized carbons (Fsp3) is 0.238. The van der Waals surface area contributed by atoms with Crippen LogP contribution in [0.2, 0.25) is 0 Å². The van der Waals surface area contributed by atoms with Gasteiger partial charge in [-0.2, -0.15) is 0 Å². The Morgan fingerprint density at radius 3 is 2.67 bits per heavy atom. The lowest BCUT2D eigenvalue weighted by atomic mass is 10.2. The third-order valence-corrected chi connectivity index (χ3v) is 4.17. The van der Waals surface area contributed by atoms with E-state index in [1.54, 1.807) is 12.1 Å². The van der Waals surface area contributed by atoms with Crippen LogP contribution in [0.4, 0.5) is 5.69 Å². The predicted octanol–water partition coefficient (Wildman–Crippen LogP) is 3.44. The van der Waals surface area contributed by atoms with Gasteiger partial charge >= 0.3 is 11.8 Å². The van der Waals surface area contributed by atoms with Gasteiger partial charge in [-0.1, -0.05) is 24.3 Å². The molecule has 3 rings (SSSR count). The Bertz CT molecular complexity index is 929. The van der Waals surface area contributed by atoms with Gasteiger partial charge < -0.3 is 19.8 Å². The highest BCUT2D eigenvalue weighted by Gasteiger charge is 2.15. The molecular weight excluding hydrogens is 344 g/mol. The Morgan fingerprint density at radius 2 is 1.89 bits per heavy atom. The van der Waals surface area contributed by atoms with E-state index in [1.165, 1.54) is 7.11 Å². The van der Waals surface area contributed by atoms with Gasteiger partial charge in [0.25, 0.3) is 0 Å². The number of benzene rings is 2. The highest BCUT2D eigenvalue weighted by atomic mass is 16.5. The maximum Gasteiger partial charge on any atom is 0.313 e. The molecular formula is C21H22N2O4. The van der Waals surface area contributed by atoms with Crippen molar-refractivity contribution in [1.29, 1.82) is 0 Å². The summed E-state index contributed by atoms with van der Waals surface area (Å²) in [6.45, 7) is 2.28. The summed E-state index contributed by atoms with van der Waals surface area (Å²) >= 11 is 0. The van der Waals surface area contributed by atoms with Crippen molar-refractivity contribution in [2.75, 3.05) is 19.0 Å². The van der Waals surface area contributed by atoms with Crippen LogP contribution in [0.5, 0.6) is 5.75 Å². The van der Waals surface area contributed by atoms with E-state index in [4.69, 9.17) is 9.15 Å². The number of furan rings is 1. The molecule has 0 bridgehead atoms. The first-order valence-electron chi connectivity index (χ1n) is 8.78. The van der Waals surface area contributed by atoms with E-state index in [0.717, 1.165) is 22.3 Å². The number of methoxy groups -OCH3 is 1. The summed E-state index contributed by atoms with van der Waals surface area (Å²) in [6.07, 6.45) is 1.36. The van der Waals surface area contributed by atoms with Gasteiger partial charge in [-0.25, -0.2) is 0 Å². The van der Waals surface area contributed by atoms with Gasteiger partial charge in [0.15, 0.2) is 0 Å². The molecule has 6 heteroatoms. The summed E-state index contributed by atoms with van der Waals surface area (Å²) < 4.78 is 10.9. The maximum absolute atomic E-state index is 12.1. The summed E-state index contributed by atoms with van der Waals surface area (Å²) in [4.78, 5) is 24.1. The van der Waals surface area contributed by atoms with E-state index in [2.05, 4.69) is 10.6 Å².